The van der Waals surface area contributed by atoms with Crippen LogP contribution in [0.1, 0.15) is 31.4 Å². The van der Waals surface area contributed by atoms with Gasteiger partial charge in [0.05, 0.1) is 14.2 Å². The summed E-state index contributed by atoms with van der Waals surface area (Å²) in [4.78, 5) is 2.45. The van der Waals surface area contributed by atoms with Crippen LogP contribution in [0.25, 0.3) is 0 Å². The molecule has 118 valence electrons. The smallest absolute Gasteiger partial charge is 0.161 e. The van der Waals surface area contributed by atoms with Gasteiger partial charge in [-0.2, -0.15) is 0 Å². The molecule has 2 atom stereocenters. The summed E-state index contributed by atoms with van der Waals surface area (Å²) in [5.41, 5.74) is 1.23. The number of nitrogens with zero attached hydrogens (tertiary/aromatic N) is 1. The number of rotatable bonds is 8. The summed E-state index contributed by atoms with van der Waals surface area (Å²) in [7, 11) is 7.57. The Bertz CT molecular complexity index is 460. The van der Waals surface area contributed by atoms with E-state index in [4.69, 9.17) is 9.47 Å². The van der Waals surface area contributed by atoms with Gasteiger partial charge >= 0.3 is 0 Å². The van der Waals surface area contributed by atoms with Crippen molar-refractivity contribution in [3.8, 4) is 11.5 Å². The predicted octanol–water partition coefficient (Wildman–Crippen LogP) is 2.69. The molecule has 1 saturated carbocycles. The van der Waals surface area contributed by atoms with Gasteiger partial charge in [0.1, 0.15) is 0 Å². The van der Waals surface area contributed by atoms with Gasteiger partial charge in [0, 0.05) is 18.6 Å². The zero-order valence-electron chi connectivity index (χ0n) is 13.8. The Morgan fingerprint density at radius 2 is 1.90 bits per heavy atom. The van der Waals surface area contributed by atoms with Gasteiger partial charge < -0.3 is 19.7 Å². The molecule has 2 unspecified atom stereocenters. The minimum absolute atomic E-state index is 0.288. The lowest BCUT2D eigenvalue weighted by atomic mass is 10.0. The molecule has 1 fully saturated rings. The normalized spacial score (nSPS) is 17.6. The van der Waals surface area contributed by atoms with E-state index >= 15 is 0 Å². The maximum absolute atomic E-state index is 5.41. The Morgan fingerprint density at radius 1 is 1.24 bits per heavy atom. The number of benzene rings is 1. The van der Waals surface area contributed by atoms with Gasteiger partial charge in [-0.05, 0) is 57.5 Å². The molecule has 0 amide bonds. The van der Waals surface area contributed by atoms with Crippen molar-refractivity contribution in [2.45, 2.75) is 31.8 Å². The van der Waals surface area contributed by atoms with E-state index in [1.165, 1.54) is 18.4 Å². The summed E-state index contributed by atoms with van der Waals surface area (Å²) in [6.07, 6.45) is 2.76. The molecule has 21 heavy (non-hydrogen) atoms. The van der Waals surface area contributed by atoms with Crippen LogP contribution in [0.2, 0.25) is 0 Å². The SMILES string of the molecule is CNC(CN(C)C(C)C1CC1)c1ccc(OC)c(OC)c1. The van der Waals surface area contributed by atoms with Gasteiger partial charge in [0.15, 0.2) is 11.5 Å². The van der Waals surface area contributed by atoms with Crippen LogP contribution in [-0.2, 0) is 0 Å². The summed E-state index contributed by atoms with van der Waals surface area (Å²) in [6, 6.07) is 7.09. The van der Waals surface area contributed by atoms with Gasteiger partial charge in [-0.25, -0.2) is 0 Å². The first-order valence-corrected chi connectivity index (χ1v) is 7.70. The lowest BCUT2D eigenvalue weighted by Gasteiger charge is -2.29. The first-order chi connectivity index (χ1) is 10.1. The molecule has 0 radical (unpaired) electrons. The van der Waals surface area contributed by atoms with E-state index < -0.39 is 0 Å². The molecular weight excluding hydrogens is 264 g/mol. The number of nitrogens with one attached hydrogen (secondary N) is 1. The highest BCUT2D eigenvalue weighted by Crippen LogP contribution is 2.35. The number of likely N-dealkylation sites (N-methyl/N-ethyl adjacent to an activating group) is 2. The highest BCUT2D eigenvalue weighted by molar-refractivity contribution is 5.43. The Hall–Kier alpha value is -1.26. The average molecular weight is 292 g/mol. The van der Waals surface area contributed by atoms with Crippen LogP contribution in [0.5, 0.6) is 11.5 Å². The third-order valence-corrected chi connectivity index (χ3v) is 4.63. The molecule has 2 rings (SSSR count). The van der Waals surface area contributed by atoms with E-state index in [1.54, 1.807) is 14.2 Å². The average Bonchev–Trinajstić information content (AvgIpc) is 3.35. The molecule has 0 spiro atoms. The van der Waals surface area contributed by atoms with Gasteiger partial charge in [0.2, 0.25) is 0 Å². The van der Waals surface area contributed by atoms with Crippen molar-refractivity contribution < 1.29 is 9.47 Å². The van der Waals surface area contributed by atoms with Crippen molar-refractivity contribution in [3.05, 3.63) is 23.8 Å². The molecule has 0 heterocycles. The topological polar surface area (TPSA) is 33.7 Å². The third-order valence-electron chi connectivity index (χ3n) is 4.63. The van der Waals surface area contributed by atoms with E-state index in [9.17, 15) is 0 Å². The van der Waals surface area contributed by atoms with Gasteiger partial charge in [-0.1, -0.05) is 6.07 Å². The summed E-state index contributed by atoms with van der Waals surface area (Å²) in [5.74, 6) is 2.45. The Morgan fingerprint density at radius 3 is 2.43 bits per heavy atom. The third kappa shape index (κ3) is 3.89. The van der Waals surface area contributed by atoms with Crippen LogP contribution in [0.3, 0.4) is 0 Å². The van der Waals surface area contributed by atoms with E-state index in [-0.39, 0.29) is 6.04 Å². The number of methoxy groups -OCH3 is 2. The molecule has 1 aliphatic carbocycles. The predicted molar refractivity (Wildman–Crippen MR) is 86.2 cm³/mol. The van der Waals surface area contributed by atoms with Crippen LogP contribution in [0.4, 0.5) is 0 Å². The molecule has 1 N–H and O–H groups in total. The maximum atomic E-state index is 5.41. The lowest BCUT2D eigenvalue weighted by molar-refractivity contribution is 0.213. The van der Waals surface area contributed by atoms with Crippen LogP contribution in [-0.4, -0.2) is 45.8 Å². The first-order valence-electron chi connectivity index (χ1n) is 7.70. The van der Waals surface area contributed by atoms with E-state index in [2.05, 4.69) is 36.3 Å². The van der Waals surface area contributed by atoms with Crippen LogP contribution in [0, 0.1) is 5.92 Å². The van der Waals surface area contributed by atoms with Crippen LogP contribution >= 0.6 is 0 Å². The highest BCUT2D eigenvalue weighted by atomic mass is 16.5. The molecule has 0 bridgehead atoms. The molecule has 0 aromatic heterocycles. The van der Waals surface area contributed by atoms with Gasteiger partial charge in [-0.3, -0.25) is 0 Å². The number of ether oxygens (including phenoxy) is 2. The Kier molecular flexibility index (Phi) is 5.48. The maximum Gasteiger partial charge on any atom is 0.161 e. The minimum Gasteiger partial charge on any atom is -0.493 e. The molecule has 0 saturated heterocycles. The molecule has 4 heteroatoms. The van der Waals surface area contributed by atoms with Gasteiger partial charge in [-0.15, -0.1) is 0 Å². The van der Waals surface area contributed by atoms with Gasteiger partial charge in [0.25, 0.3) is 0 Å². The molecule has 4 nitrogen and oxygen atoms in total. The van der Waals surface area contributed by atoms with E-state index in [1.807, 2.05) is 13.1 Å². The fraction of sp³-hybridized carbons (Fsp3) is 0.647. The van der Waals surface area contributed by atoms with Crippen LogP contribution < -0.4 is 14.8 Å². The molecule has 1 aliphatic rings. The standard InChI is InChI=1S/C17H28N2O2/c1-12(13-6-7-13)19(3)11-15(18-2)14-8-9-16(20-4)17(10-14)21-5/h8-10,12-13,15,18H,6-7,11H2,1-5H3. The number of hydrogen-bond donors (Lipinski definition) is 1. The summed E-state index contributed by atoms with van der Waals surface area (Å²) in [5, 5.41) is 3.41. The monoisotopic (exact) mass is 292 g/mol. The zero-order valence-corrected chi connectivity index (χ0v) is 13.8. The quantitative estimate of drug-likeness (QED) is 0.799. The lowest BCUT2D eigenvalue weighted by Crippen LogP contribution is -2.37. The van der Waals surface area contributed by atoms with Crippen molar-refractivity contribution >= 4 is 0 Å². The number of hydrogen-bond acceptors (Lipinski definition) is 4. The second kappa shape index (κ2) is 7.14. The van der Waals surface area contributed by atoms with Crippen molar-refractivity contribution in [1.29, 1.82) is 0 Å². The van der Waals surface area contributed by atoms with Crippen molar-refractivity contribution in [2.24, 2.45) is 5.92 Å². The molecular formula is C17H28N2O2. The summed E-state index contributed by atoms with van der Waals surface area (Å²) in [6.45, 7) is 3.32. The first kappa shape index (κ1) is 16.1. The fourth-order valence-electron chi connectivity index (χ4n) is 2.83. The van der Waals surface area contributed by atoms with Crippen LogP contribution in [0.15, 0.2) is 18.2 Å². The van der Waals surface area contributed by atoms with Crippen molar-refractivity contribution in [3.63, 3.8) is 0 Å². The van der Waals surface area contributed by atoms with Crippen molar-refractivity contribution in [1.82, 2.24) is 10.2 Å². The van der Waals surface area contributed by atoms with E-state index in [0.717, 1.165) is 24.0 Å². The second-order valence-corrected chi connectivity index (χ2v) is 5.97. The van der Waals surface area contributed by atoms with E-state index in [0.29, 0.717) is 6.04 Å². The molecule has 1 aromatic rings. The molecule has 0 aliphatic heterocycles. The largest absolute Gasteiger partial charge is 0.493 e. The minimum atomic E-state index is 0.288. The Balaban J connectivity index is 2.09. The fourth-order valence-corrected chi connectivity index (χ4v) is 2.83. The molecule has 1 aromatic carbocycles. The zero-order chi connectivity index (χ0) is 15.4. The van der Waals surface area contributed by atoms with Crippen molar-refractivity contribution in [2.75, 3.05) is 34.9 Å². The Labute approximate surface area is 128 Å². The summed E-state index contributed by atoms with van der Waals surface area (Å²) < 4.78 is 10.7. The second-order valence-electron chi connectivity index (χ2n) is 5.97. The highest BCUT2D eigenvalue weighted by Gasteiger charge is 2.31. The summed E-state index contributed by atoms with van der Waals surface area (Å²) >= 11 is 0.